The van der Waals surface area contributed by atoms with Crippen LogP contribution in [0.2, 0.25) is 0 Å². The van der Waals surface area contributed by atoms with Crippen LogP contribution in [0.15, 0.2) is 54.6 Å². The maximum absolute atomic E-state index is 12.4. The molecule has 1 aliphatic rings. The van der Waals surface area contributed by atoms with Gasteiger partial charge in [0.2, 0.25) is 5.91 Å². The third-order valence-electron chi connectivity index (χ3n) is 5.04. The lowest BCUT2D eigenvalue weighted by atomic mass is 9.88. The van der Waals surface area contributed by atoms with Gasteiger partial charge in [-0.2, -0.15) is 0 Å². The van der Waals surface area contributed by atoms with E-state index >= 15 is 0 Å². The minimum atomic E-state index is -0.119. The molecule has 0 aromatic heterocycles. The third kappa shape index (κ3) is 4.72. The Hall–Kier alpha value is -2.62. The molecule has 4 nitrogen and oxygen atoms in total. The van der Waals surface area contributed by atoms with Gasteiger partial charge in [-0.25, -0.2) is 0 Å². The van der Waals surface area contributed by atoms with Crippen LogP contribution in [0, 0.1) is 5.92 Å². The van der Waals surface area contributed by atoms with E-state index in [2.05, 4.69) is 10.6 Å². The standard InChI is InChI=1S/C22H26N2O2/c1-16(17-8-4-2-5-9-17)23-21(25)19-12-14-20(15-13-19)24-22(26)18-10-6-3-7-11-18/h2,4-5,8-9,12-16,18H,3,6-7,10-11H2,1H3,(H,23,25)(H,24,26). The molecule has 2 amide bonds. The van der Waals surface area contributed by atoms with Crippen LogP contribution in [0.1, 0.15) is 61.0 Å². The lowest BCUT2D eigenvalue weighted by Gasteiger charge is -2.20. The van der Waals surface area contributed by atoms with Gasteiger partial charge in [0, 0.05) is 17.2 Å². The van der Waals surface area contributed by atoms with Crippen molar-refractivity contribution in [3.8, 4) is 0 Å². The van der Waals surface area contributed by atoms with Crippen LogP contribution in [0.25, 0.3) is 0 Å². The van der Waals surface area contributed by atoms with Crippen molar-refractivity contribution < 1.29 is 9.59 Å². The van der Waals surface area contributed by atoms with Gasteiger partial charge in [-0.1, -0.05) is 49.6 Å². The molecule has 0 heterocycles. The highest BCUT2D eigenvalue weighted by molar-refractivity contribution is 5.96. The van der Waals surface area contributed by atoms with Gasteiger partial charge in [0.1, 0.15) is 0 Å². The van der Waals surface area contributed by atoms with Crippen LogP contribution < -0.4 is 10.6 Å². The molecular formula is C22H26N2O2. The predicted molar refractivity (Wildman–Crippen MR) is 104 cm³/mol. The second kappa shape index (κ2) is 8.65. The molecule has 1 saturated carbocycles. The Kier molecular flexibility index (Phi) is 6.05. The van der Waals surface area contributed by atoms with Crippen LogP contribution in [0.4, 0.5) is 5.69 Å². The first-order chi connectivity index (χ1) is 12.6. The van der Waals surface area contributed by atoms with Gasteiger partial charge in [-0.3, -0.25) is 9.59 Å². The average Bonchev–Trinajstić information content (AvgIpc) is 2.69. The second-order valence-corrected chi connectivity index (χ2v) is 7.01. The largest absolute Gasteiger partial charge is 0.346 e. The van der Waals surface area contributed by atoms with Gasteiger partial charge < -0.3 is 10.6 Å². The van der Waals surface area contributed by atoms with Crippen molar-refractivity contribution in [2.24, 2.45) is 5.92 Å². The predicted octanol–water partition coefficient (Wildman–Crippen LogP) is 4.70. The van der Waals surface area contributed by atoms with Crippen LogP contribution in [-0.4, -0.2) is 11.8 Å². The van der Waals surface area contributed by atoms with E-state index in [4.69, 9.17) is 0 Å². The Morgan fingerprint density at radius 3 is 2.23 bits per heavy atom. The molecule has 1 atom stereocenters. The van der Waals surface area contributed by atoms with Crippen molar-refractivity contribution in [2.45, 2.75) is 45.1 Å². The Morgan fingerprint density at radius 1 is 0.923 bits per heavy atom. The Balaban J connectivity index is 1.56. The van der Waals surface area contributed by atoms with Crippen molar-refractivity contribution in [1.29, 1.82) is 0 Å². The summed E-state index contributed by atoms with van der Waals surface area (Å²) in [7, 11) is 0. The van der Waals surface area contributed by atoms with E-state index in [-0.39, 0.29) is 23.8 Å². The van der Waals surface area contributed by atoms with Crippen LogP contribution in [0.3, 0.4) is 0 Å². The molecule has 136 valence electrons. The minimum Gasteiger partial charge on any atom is -0.346 e. The third-order valence-corrected chi connectivity index (χ3v) is 5.04. The van der Waals surface area contributed by atoms with E-state index in [1.54, 1.807) is 24.3 Å². The molecule has 0 saturated heterocycles. The highest BCUT2D eigenvalue weighted by Gasteiger charge is 2.21. The average molecular weight is 350 g/mol. The van der Waals surface area contributed by atoms with Gasteiger partial charge in [-0.15, -0.1) is 0 Å². The lowest BCUT2D eigenvalue weighted by molar-refractivity contribution is -0.120. The molecule has 3 rings (SSSR count). The number of carbonyl (C=O) groups is 2. The first kappa shape index (κ1) is 18.2. The Bertz CT molecular complexity index is 734. The van der Waals surface area contributed by atoms with E-state index < -0.39 is 0 Å². The van der Waals surface area contributed by atoms with Gasteiger partial charge in [0.25, 0.3) is 5.91 Å². The first-order valence-electron chi connectivity index (χ1n) is 9.40. The van der Waals surface area contributed by atoms with Crippen molar-refractivity contribution in [1.82, 2.24) is 5.32 Å². The van der Waals surface area contributed by atoms with Crippen LogP contribution in [0.5, 0.6) is 0 Å². The summed E-state index contributed by atoms with van der Waals surface area (Å²) in [4.78, 5) is 24.7. The zero-order valence-electron chi connectivity index (χ0n) is 15.2. The summed E-state index contributed by atoms with van der Waals surface area (Å²) in [5, 5.41) is 5.97. The number of amides is 2. The van der Waals surface area contributed by atoms with Gasteiger partial charge in [0.05, 0.1) is 6.04 Å². The number of hydrogen-bond donors (Lipinski definition) is 2. The van der Waals surface area contributed by atoms with E-state index in [9.17, 15) is 9.59 Å². The summed E-state index contributed by atoms with van der Waals surface area (Å²) in [6.45, 7) is 1.96. The molecule has 1 fully saturated rings. The number of nitrogens with one attached hydrogen (secondary N) is 2. The molecule has 4 heteroatoms. The molecule has 26 heavy (non-hydrogen) atoms. The maximum atomic E-state index is 12.4. The quantitative estimate of drug-likeness (QED) is 0.821. The molecule has 0 spiro atoms. The summed E-state index contributed by atoms with van der Waals surface area (Å²) < 4.78 is 0. The first-order valence-corrected chi connectivity index (χ1v) is 9.40. The Labute approximate surface area is 155 Å². The summed E-state index contributed by atoms with van der Waals surface area (Å²) in [5.41, 5.74) is 2.40. The lowest BCUT2D eigenvalue weighted by Crippen LogP contribution is -2.27. The molecule has 1 unspecified atom stereocenters. The van der Waals surface area contributed by atoms with Gasteiger partial charge >= 0.3 is 0 Å². The SMILES string of the molecule is CC(NC(=O)c1ccc(NC(=O)C2CCCCC2)cc1)c1ccccc1. The fourth-order valence-electron chi connectivity index (χ4n) is 3.42. The smallest absolute Gasteiger partial charge is 0.251 e. The Morgan fingerprint density at radius 2 is 1.58 bits per heavy atom. The molecule has 2 aromatic carbocycles. The zero-order chi connectivity index (χ0) is 18.4. The molecule has 0 bridgehead atoms. The zero-order valence-corrected chi connectivity index (χ0v) is 15.2. The molecule has 0 aliphatic heterocycles. The van der Waals surface area contributed by atoms with Gasteiger partial charge in [0.15, 0.2) is 0 Å². The number of rotatable bonds is 5. The molecular weight excluding hydrogens is 324 g/mol. The number of hydrogen-bond acceptors (Lipinski definition) is 2. The van der Waals surface area contributed by atoms with Crippen LogP contribution in [-0.2, 0) is 4.79 Å². The summed E-state index contributed by atoms with van der Waals surface area (Å²) >= 11 is 0. The fraction of sp³-hybridized carbons (Fsp3) is 0.364. The van der Waals surface area contributed by atoms with Gasteiger partial charge in [-0.05, 0) is 49.6 Å². The van der Waals surface area contributed by atoms with E-state index in [1.807, 2.05) is 37.3 Å². The number of anilines is 1. The fourth-order valence-corrected chi connectivity index (χ4v) is 3.42. The molecule has 2 aromatic rings. The molecule has 2 N–H and O–H groups in total. The second-order valence-electron chi connectivity index (χ2n) is 7.01. The summed E-state index contributed by atoms with van der Waals surface area (Å²) in [6, 6.07) is 16.9. The van der Waals surface area contributed by atoms with Crippen LogP contribution >= 0.6 is 0 Å². The van der Waals surface area contributed by atoms with Crippen molar-refractivity contribution in [3.63, 3.8) is 0 Å². The highest BCUT2D eigenvalue weighted by atomic mass is 16.2. The topological polar surface area (TPSA) is 58.2 Å². The van der Waals surface area contributed by atoms with E-state index in [0.29, 0.717) is 5.56 Å². The maximum Gasteiger partial charge on any atom is 0.251 e. The summed E-state index contributed by atoms with van der Waals surface area (Å²) in [5.74, 6) is 0.101. The highest BCUT2D eigenvalue weighted by Crippen LogP contribution is 2.25. The van der Waals surface area contributed by atoms with E-state index in [1.165, 1.54) is 6.42 Å². The monoisotopic (exact) mass is 350 g/mol. The minimum absolute atomic E-state index is 0.0608. The molecule has 1 aliphatic carbocycles. The number of benzene rings is 2. The van der Waals surface area contributed by atoms with Crippen molar-refractivity contribution >= 4 is 17.5 Å². The number of carbonyl (C=O) groups excluding carboxylic acids is 2. The van der Waals surface area contributed by atoms with Crippen molar-refractivity contribution in [3.05, 3.63) is 65.7 Å². The molecule has 0 radical (unpaired) electrons. The normalized spacial score (nSPS) is 15.9. The van der Waals surface area contributed by atoms with E-state index in [0.717, 1.165) is 36.9 Å². The van der Waals surface area contributed by atoms with Crippen molar-refractivity contribution in [2.75, 3.05) is 5.32 Å². The summed E-state index contributed by atoms with van der Waals surface area (Å²) in [6.07, 6.45) is 5.45.